The Bertz CT molecular complexity index is 172. The largest absolute Gasteiger partial charge is 0.369 e. The minimum absolute atomic E-state index is 0. The molecule has 0 spiro atoms. The summed E-state index contributed by atoms with van der Waals surface area (Å²) in [6.07, 6.45) is 0. The molecule has 1 N–H and O–H groups in total. The fourth-order valence-corrected chi connectivity index (χ4v) is 1.07. The van der Waals surface area contributed by atoms with Crippen molar-refractivity contribution in [3.63, 3.8) is 0 Å². The zero-order valence-electron chi connectivity index (χ0n) is 9.83. The number of aliphatic imine (C=N–C) groups is 1. The summed E-state index contributed by atoms with van der Waals surface area (Å²) >= 11 is 0. The monoisotopic (exact) mass is 225 g/mol. The van der Waals surface area contributed by atoms with Gasteiger partial charge in [-0.2, -0.15) is 0 Å². The van der Waals surface area contributed by atoms with Crippen molar-refractivity contribution in [3.05, 3.63) is 0 Å². The molecule has 2 nitrogen and oxygen atoms in total. The Morgan fingerprint density at radius 3 is 1.62 bits per heavy atom. The van der Waals surface area contributed by atoms with Crippen LogP contribution in [0.25, 0.3) is 0 Å². The van der Waals surface area contributed by atoms with Gasteiger partial charge < -0.3 is 5.32 Å². The summed E-state index contributed by atoms with van der Waals surface area (Å²) in [7, 11) is 0. The molecule has 0 saturated heterocycles. The van der Waals surface area contributed by atoms with Gasteiger partial charge in [-0.3, -0.25) is 4.99 Å². The molecule has 0 aromatic rings. The van der Waals surface area contributed by atoms with Crippen LogP contribution >= 0.6 is 0 Å². The maximum atomic E-state index is 4.50. The molecule has 79 valence electrons. The van der Waals surface area contributed by atoms with E-state index in [-0.39, 0.29) is 28.1 Å². The SMILES string of the molecule is CC(=NC(C)(C)C)NC(C)(C)C.[Mn]. The van der Waals surface area contributed by atoms with Crippen molar-refractivity contribution < 1.29 is 17.1 Å². The number of hydrogen-bond acceptors (Lipinski definition) is 1. The van der Waals surface area contributed by atoms with Crippen LogP contribution < -0.4 is 5.32 Å². The van der Waals surface area contributed by atoms with E-state index in [0.717, 1.165) is 5.84 Å². The van der Waals surface area contributed by atoms with Gasteiger partial charge in [-0.25, -0.2) is 0 Å². The van der Waals surface area contributed by atoms with Crippen molar-refractivity contribution in [1.29, 1.82) is 0 Å². The van der Waals surface area contributed by atoms with Gasteiger partial charge in [0.15, 0.2) is 0 Å². The fraction of sp³-hybridized carbons (Fsp3) is 0.900. The van der Waals surface area contributed by atoms with Crippen LogP contribution in [0.3, 0.4) is 0 Å². The molecule has 0 aromatic heterocycles. The molecular formula is C10H22MnN2. The van der Waals surface area contributed by atoms with Crippen molar-refractivity contribution in [1.82, 2.24) is 5.32 Å². The number of hydrogen-bond donors (Lipinski definition) is 1. The summed E-state index contributed by atoms with van der Waals surface area (Å²) in [4.78, 5) is 4.50. The molecule has 0 rings (SSSR count). The Hall–Kier alpha value is -0.0105. The molecule has 0 amide bonds. The third-order valence-electron chi connectivity index (χ3n) is 1.06. The van der Waals surface area contributed by atoms with E-state index >= 15 is 0 Å². The zero-order chi connectivity index (χ0) is 9.99. The predicted octanol–water partition coefficient (Wildman–Crippen LogP) is 2.59. The average molecular weight is 225 g/mol. The van der Waals surface area contributed by atoms with Crippen LogP contribution in [0.1, 0.15) is 48.5 Å². The molecule has 1 radical (unpaired) electrons. The first-order valence-corrected chi connectivity index (χ1v) is 4.45. The third-order valence-corrected chi connectivity index (χ3v) is 1.06. The van der Waals surface area contributed by atoms with E-state index in [9.17, 15) is 0 Å². The Balaban J connectivity index is 0. The van der Waals surface area contributed by atoms with E-state index in [4.69, 9.17) is 0 Å². The number of nitrogens with one attached hydrogen (secondary N) is 1. The van der Waals surface area contributed by atoms with Gasteiger partial charge in [0.05, 0.1) is 11.4 Å². The zero-order valence-corrected chi connectivity index (χ0v) is 11.0. The number of nitrogens with zero attached hydrogens (tertiary/aromatic N) is 1. The summed E-state index contributed by atoms with van der Waals surface area (Å²) < 4.78 is 0. The smallest absolute Gasteiger partial charge is 0.0942 e. The summed E-state index contributed by atoms with van der Waals surface area (Å²) in [5.41, 5.74) is 0.126. The number of rotatable bonds is 0. The second-order valence-corrected chi connectivity index (χ2v) is 5.24. The standard InChI is InChI=1S/C10H22N2.Mn/c1-8(11-9(2,3)4)12-10(5,6)7;/h1-7H3,(H,11,12);. The molecule has 0 aromatic carbocycles. The summed E-state index contributed by atoms with van der Waals surface area (Å²) in [6, 6.07) is 0. The van der Waals surface area contributed by atoms with Gasteiger partial charge in [-0.1, -0.05) is 0 Å². The van der Waals surface area contributed by atoms with Crippen LogP contribution in [-0.2, 0) is 17.1 Å². The van der Waals surface area contributed by atoms with Crippen molar-refractivity contribution in [3.8, 4) is 0 Å². The second-order valence-electron chi connectivity index (χ2n) is 5.24. The molecule has 0 aliphatic heterocycles. The predicted molar refractivity (Wildman–Crippen MR) is 55.8 cm³/mol. The summed E-state index contributed by atoms with van der Waals surface area (Å²) in [5, 5.41) is 3.33. The second kappa shape index (κ2) is 5.02. The molecule has 0 aliphatic carbocycles. The Morgan fingerprint density at radius 1 is 1.00 bits per heavy atom. The average Bonchev–Trinajstić information content (AvgIpc) is 1.49. The molecule has 0 atom stereocenters. The Kier molecular flexibility index (Phi) is 5.97. The van der Waals surface area contributed by atoms with Gasteiger partial charge >= 0.3 is 0 Å². The van der Waals surface area contributed by atoms with Gasteiger partial charge in [0.2, 0.25) is 0 Å². The van der Waals surface area contributed by atoms with Crippen molar-refractivity contribution in [2.45, 2.75) is 59.5 Å². The van der Waals surface area contributed by atoms with Crippen LogP contribution in [-0.4, -0.2) is 16.9 Å². The molecule has 0 aliphatic rings. The van der Waals surface area contributed by atoms with E-state index in [1.165, 1.54) is 0 Å². The van der Waals surface area contributed by atoms with E-state index in [0.29, 0.717) is 0 Å². The van der Waals surface area contributed by atoms with E-state index in [1.54, 1.807) is 0 Å². The van der Waals surface area contributed by atoms with E-state index in [2.05, 4.69) is 51.9 Å². The quantitative estimate of drug-likeness (QED) is 0.382. The van der Waals surface area contributed by atoms with Crippen LogP contribution in [0.4, 0.5) is 0 Å². The fourth-order valence-electron chi connectivity index (χ4n) is 1.07. The molecule has 0 heterocycles. The Labute approximate surface area is 93.1 Å². The van der Waals surface area contributed by atoms with Gasteiger partial charge in [0.25, 0.3) is 0 Å². The van der Waals surface area contributed by atoms with Crippen molar-refractivity contribution >= 4 is 5.84 Å². The van der Waals surface area contributed by atoms with Crippen molar-refractivity contribution in [2.75, 3.05) is 0 Å². The third kappa shape index (κ3) is 12.0. The molecule has 13 heavy (non-hydrogen) atoms. The van der Waals surface area contributed by atoms with Crippen LogP contribution in [0.2, 0.25) is 0 Å². The van der Waals surface area contributed by atoms with Crippen LogP contribution in [0.5, 0.6) is 0 Å². The molecule has 0 bridgehead atoms. The van der Waals surface area contributed by atoms with E-state index < -0.39 is 0 Å². The Morgan fingerprint density at radius 2 is 1.38 bits per heavy atom. The van der Waals surface area contributed by atoms with Gasteiger partial charge in [-0.05, 0) is 48.5 Å². The maximum Gasteiger partial charge on any atom is 0.0942 e. The summed E-state index contributed by atoms with van der Waals surface area (Å²) in [5.74, 6) is 1.01. The topological polar surface area (TPSA) is 24.4 Å². The molecule has 0 fully saturated rings. The van der Waals surface area contributed by atoms with E-state index in [1.807, 2.05) is 6.92 Å². The van der Waals surface area contributed by atoms with Crippen LogP contribution in [0.15, 0.2) is 4.99 Å². The first-order chi connectivity index (χ1) is 5.10. The first kappa shape index (κ1) is 15.5. The van der Waals surface area contributed by atoms with Gasteiger partial charge in [0, 0.05) is 22.6 Å². The molecule has 3 heteroatoms. The van der Waals surface area contributed by atoms with Gasteiger partial charge in [-0.15, -0.1) is 0 Å². The molecular weight excluding hydrogens is 203 g/mol. The van der Waals surface area contributed by atoms with Crippen molar-refractivity contribution in [2.24, 2.45) is 4.99 Å². The van der Waals surface area contributed by atoms with Gasteiger partial charge in [0.1, 0.15) is 0 Å². The minimum atomic E-state index is 0. The van der Waals surface area contributed by atoms with Crippen LogP contribution in [0, 0.1) is 0 Å². The summed E-state index contributed by atoms with van der Waals surface area (Å²) in [6.45, 7) is 14.7. The maximum absolute atomic E-state index is 4.50. The molecule has 0 saturated carbocycles. The molecule has 0 unspecified atom stereocenters. The minimum Gasteiger partial charge on any atom is -0.369 e. The normalized spacial score (nSPS) is 13.6. The number of amidine groups is 1. The first-order valence-electron chi connectivity index (χ1n) is 4.45.